The second-order valence-corrected chi connectivity index (χ2v) is 4.69. The first-order chi connectivity index (χ1) is 9.90. The van der Waals surface area contributed by atoms with Gasteiger partial charge in [0.05, 0.1) is 11.8 Å². The van der Waals surface area contributed by atoms with E-state index in [4.69, 9.17) is 0 Å². The number of hydrogen-bond donors (Lipinski definition) is 1. The van der Waals surface area contributed by atoms with Crippen LogP contribution in [0.5, 0.6) is 0 Å². The Bertz CT molecular complexity index is 828. The van der Waals surface area contributed by atoms with E-state index in [0.717, 1.165) is 5.56 Å². The molecule has 0 saturated heterocycles. The molecule has 2 aromatic heterocycles. The van der Waals surface area contributed by atoms with Gasteiger partial charge in [0.1, 0.15) is 17.1 Å². The minimum Gasteiger partial charge on any atom is -0.512 e. The van der Waals surface area contributed by atoms with Crippen LogP contribution in [0.1, 0.15) is 19.4 Å². The number of aliphatic imine (C=N–C) groups is 1. The van der Waals surface area contributed by atoms with E-state index in [1.165, 1.54) is 30.7 Å². The number of fused-ring (bicyclic) bond motifs is 1. The fourth-order valence-corrected chi connectivity index (χ4v) is 1.83. The van der Waals surface area contributed by atoms with Crippen LogP contribution in [0.4, 0.5) is 5.69 Å². The van der Waals surface area contributed by atoms with Crippen LogP contribution in [0.3, 0.4) is 0 Å². The van der Waals surface area contributed by atoms with Crippen molar-refractivity contribution in [1.82, 2.24) is 9.38 Å². The summed E-state index contributed by atoms with van der Waals surface area (Å²) in [4.78, 5) is 31.7. The Morgan fingerprint density at radius 1 is 1.43 bits per heavy atom. The maximum Gasteiger partial charge on any atom is 0.283 e. The largest absolute Gasteiger partial charge is 0.512 e. The topological polar surface area (TPSA) is 84.0 Å². The molecule has 0 spiro atoms. The second kappa shape index (κ2) is 5.70. The number of carbonyl (C=O) groups excluding carboxylic acids is 1. The molecule has 0 unspecified atom stereocenters. The summed E-state index contributed by atoms with van der Waals surface area (Å²) < 4.78 is 1.38. The number of Topliss-reactive ketones (excluding diaryl/α,β-unsaturated/α-hetero) is 1. The van der Waals surface area contributed by atoms with E-state index in [0.29, 0.717) is 5.65 Å². The van der Waals surface area contributed by atoms with E-state index in [-0.39, 0.29) is 28.4 Å². The summed E-state index contributed by atoms with van der Waals surface area (Å²) in [5.74, 6) is -0.473. The fraction of sp³-hybridized carbons (Fsp3) is 0.200. The van der Waals surface area contributed by atoms with Gasteiger partial charge >= 0.3 is 0 Å². The number of hydrogen-bond acceptors (Lipinski definition) is 5. The third-order valence-corrected chi connectivity index (χ3v) is 2.95. The molecule has 2 aromatic rings. The van der Waals surface area contributed by atoms with Gasteiger partial charge in [-0.2, -0.15) is 0 Å². The number of pyridine rings is 1. The highest BCUT2D eigenvalue weighted by Crippen LogP contribution is 2.08. The van der Waals surface area contributed by atoms with Crippen molar-refractivity contribution < 1.29 is 9.90 Å². The summed E-state index contributed by atoms with van der Waals surface area (Å²) >= 11 is 0. The first-order valence-electron chi connectivity index (χ1n) is 6.33. The highest BCUT2D eigenvalue weighted by Gasteiger charge is 2.07. The standard InChI is InChI=1S/C15H15N3O3/c1-9-4-5-18-14(6-9)17-8-13(15(18)21)16-7-12(10(2)19)11(3)20/h4-8,19H,1-3H3/b12-10+,16-7?. The van der Waals surface area contributed by atoms with Gasteiger partial charge in [-0.25, -0.2) is 9.98 Å². The quantitative estimate of drug-likeness (QED) is 0.532. The fourth-order valence-electron chi connectivity index (χ4n) is 1.83. The number of aliphatic hydroxyl groups excluding tert-OH is 1. The molecule has 6 nitrogen and oxygen atoms in total. The highest BCUT2D eigenvalue weighted by atomic mass is 16.3. The van der Waals surface area contributed by atoms with E-state index >= 15 is 0 Å². The maximum atomic E-state index is 12.2. The van der Waals surface area contributed by atoms with Crippen molar-refractivity contribution in [3.05, 3.63) is 51.8 Å². The molecule has 0 aliphatic rings. The Balaban J connectivity index is 2.52. The number of aliphatic hydroxyl groups is 1. The molecule has 6 heteroatoms. The zero-order valence-electron chi connectivity index (χ0n) is 12.0. The zero-order valence-corrected chi connectivity index (χ0v) is 12.0. The summed E-state index contributed by atoms with van der Waals surface area (Å²) in [5.41, 5.74) is 1.34. The lowest BCUT2D eigenvalue weighted by Crippen LogP contribution is -2.14. The molecule has 0 aromatic carbocycles. The molecular weight excluding hydrogens is 270 g/mol. The Morgan fingerprint density at radius 2 is 2.14 bits per heavy atom. The van der Waals surface area contributed by atoms with E-state index in [1.54, 1.807) is 18.3 Å². The predicted octanol–water partition coefficient (Wildman–Crippen LogP) is 2.13. The van der Waals surface area contributed by atoms with Crippen LogP contribution in [-0.2, 0) is 4.79 Å². The van der Waals surface area contributed by atoms with E-state index in [9.17, 15) is 14.7 Å². The van der Waals surface area contributed by atoms with Crippen molar-refractivity contribution in [2.45, 2.75) is 20.8 Å². The van der Waals surface area contributed by atoms with Crippen molar-refractivity contribution in [2.75, 3.05) is 0 Å². The number of rotatable bonds is 3. The average Bonchev–Trinajstić information content (AvgIpc) is 2.40. The Kier molecular flexibility index (Phi) is 3.98. The number of aromatic nitrogens is 2. The molecule has 0 saturated carbocycles. The molecule has 0 fully saturated rings. The minimum atomic E-state index is -0.338. The van der Waals surface area contributed by atoms with Crippen LogP contribution in [0.25, 0.3) is 5.65 Å². The normalized spacial score (nSPS) is 12.7. The number of ketones is 1. The first kappa shape index (κ1) is 14.6. The lowest BCUT2D eigenvalue weighted by Gasteiger charge is -2.02. The average molecular weight is 285 g/mol. The summed E-state index contributed by atoms with van der Waals surface area (Å²) in [6.07, 6.45) is 4.15. The molecule has 0 aliphatic carbocycles. The molecule has 2 rings (SSSR count). The summed E-state index contributed by atoms with van der Waals surface area (Å²) in [7, 11) is 0. The van der Waals surface area contributed by atoms with Crippen molar-refractivity contribution in [3.63, 3.8) is 0 Å². The number of nitrogens with zero attached hydrogens (tertiary/aromatic N) is 3. The van der Waals surface area contributed by atoms with Gasteiger partial charge in [0.25, 0.3) is 5.56 Å². The lowest BCUT2D eigenvalue weighted by molar-refractivity contribution is -0.113. The van der Waals surface area contributed by atoms with Gasteiger partial charge in [0.15, 0.2) is 5.78 Å². The molecule has 0 radical (unpaired) electrons. The van der Waals surface area contributed by atoms with Gasteiger partial charge in [-0.15, -0.1) is 0 Å². The van der Waals surface area contributed by atoms with Crippen LogP contribution in [0, 0.1) is 6.92 Å². The van der Waals surface area contributed by atoms with Gasteiger partial charge < -0.3 is 5.11 Å². The monoisotopic (exact) mass is 285 g/mol. The molecule has 0 amide bonds. The van der Waals surface area contributed by atoms with Crippen LogP contribution in [-0.4, -0.2) is 26.5 Å². The van der Waals surface area contributed by atoms with Gasteiger partial charge in [-0.05, 0) is 38.5 Å². The van der Waals surface area contributed by atoms with Gasteiger partial charge in [-0.1, -0.05) is 0 Å². The second-order valence-electron chi connectivity index (χ2n) is 4.69. The molecule has 108 valence electrons. The number of allylic oxidation sites excluding steroid dienone is 2. The molecule has 0 aliphatic heterocycles. The van der Waals surface area contributed by atoms with Crippen molar-refractivity contribution in [3.8, 4) is 0 Å². The number of aryl methyl sites for hydroxylation is 1. The van der Waals surface area contributed by atoms with Crippen LogP contribution < -0.4 is 5.56 Å². The van der Waals surface area contributed by atoms with Gasteiger partial charge in [0, 0.05) is 12.4 Å². The van der Waals surface area contributed by atoms with E-state index < -0.39 is 0 Å². The van der Waals surface area contributed by atoms with E-state index in [1.807, 2.05) is 6.92 Å². The van der Waals surface area contributed by atoms with Crippen LogP contribution >= 0.6 is 0 Å². The number of carbonyl (C=O) groups is 1. The van der Waals surface area contributed by atoms with Crippen molar-refractivity contribution in [1.29, 1.82) is 0 Å². The zero-order chi connectivity index (χ0) is 15.6. The predicted molar refractivity (Wildman–Crippen MR) is 80.4 cm³/mol. The summed E-state index contributed by atoms with van der Waals surface area (Å²) in [6.45, 7) is 4.61. The molecule has 0 bridgehead atoms. The first-order valence-corrected chi connectivity index (χ1v) is 6.33. The van der Waals surface area contributed by atoms with Crippen molar-refractivity contribution >= 4 is 23.3 Å². The molecule has 0 atom stereocenters. The SMILES string of the molecule is CC(=O)/C(C=Nc1cnc2cc(C)ccn2c1=O)=C(\C)O. The minimum absolute atomic E-state index is 0.0587. The van der Waals surface area contributed by atoms with Crippen LogP contribution in [0.15, 0.2) is 45.6 Å². The lowest BCUT2D eigenvalue weighted by atomic mass is 10.2. The highest BCUT2D eigenvalue weighted by molar-refractivity contribution is 6.12. The summed E-state index contributed by atoms with van der Waals surface area (Å²) in [5, 5.41) is 9.40. The third kappa shape index (κ3) is 3.05. The molecule has 1 N–H and O–H groups in total. The molecule has 21 heavy (non-hydrogen) atoms. The molecule has 2 heterocycles. The van der Waals surface area contributed by atoms with Gasteiger partial charge in [-0.3, -0.25) is 14.0 Å². The Morgan fingerprint density at radius 3 is 2.76 bits per heavy atom. The van der Waals surface area contributed by atoms with E-state index in [2.05, 4.69) is 9.98 Å². The van der Waals surface area contributed by atoms with Gasteiger partial charge in [0.2, 0.25) is 0 Å². The Labute approximate surface area is 121 Å². The van der Waals surface area contributed by atoms with Crippen molar-refractivity contribution in [2.24, 2.45) is 4.99 Å². The van der Waals surface area contributed by atoms with Crippen LogP contribution in [0.2, 0.25) is 0 Å². The summed E-state index contributed by atoms with van der Waals surface area (Å²) in [6, 6.07) is 3.58. The Hall–Kier alpha value is -2.76. The molecular formula is C15H15N3O3. The third-order valence-electron chi connectivity index (χ3n) is 2.95. The maximum absolute atomic E-state index is 12.2. The smallest absolute Gasteiger partial charge is 0.283 e.